The Morgan fingerprint density at radius 2 is 2.00 bits per heavy atom. The predicted molar refractivity (Wildman–Crippen MR) is 73.9 cm³/mol. The van der Waals surface area contributed by atoms with Gasteiger partial charge in [-0.25, -0.2) is 4.79 Å². The monoisotopic (exact) mass is 258 g/mol. The van der Waals surface area contributed by atoms with E-state index in [2.05, 4.69) is 17.2 Å². The number of ether oxygens (including phenoxy) is 1. The number of hydrogen-bond acceptors (Lipinski definition) is 3. The van der Waals surface area contributed by atoms with Crippen molar-refractivity contribution in [3.8, 4) is 0 Å². The average molecular weight is 258 g/mol. The fraction of sp³-hybridized carbons (Fsp3) is 0.667. The number of nitrogens with one attached hydrogen (secondary N) is 2. The van der Waals surface area contributed by atoms with Gasteiger partial charge in [0.1, 0.15) is 0 Å². The Kier molecular flexibility index (Phi) is 9.43. The average Bonchev–Trinajstić information content (AvgIpc) is 2.27. The van der Waals surface area contributed by atoms with Gasteiger partial charge in [0.25, 0.3) is 0 Å². The molecule has 17 heavy (non-hydrogen) atoms. The van der Waals surface area contributed by atoms with E-state index in [0.717, 1.165) is 32.4 Å². The first-order valence-electron chi connectivity index (χ1n) is 5.92. The number of esters is 1. The molecular weight excluding hydrogens is 236 g/mol. The maximum atomic E-state index is 11.0. The Morgan fingerprint density at radius 1 is 1.29 bits per heavy atom. The van der Waals surface area contributed by atoms with E-state index in [-0.39, 0.29) is 5.97 Å². The van der Waals surface area contributed by atoms with Gasteiger partial charge in [-0.2, -0.15) is 0 Å². The van der Waals surface area contributed by atoms with Gasteiger partial charge in [0.05, 0.1) is 6.61 Å². The predicted octanol–water partition coefficient (Wildman–Crippen LogP) is 1.76. The second-order valence-electron chi connectivity index (χ2n) is 3.76. The van der Waals surface area contributed by atoms with Gasteiger partial charge in [-0.05, 0) is 45.3 Å². The SMILES string of the molecule is C=C(C)C(=O)OCCCCCNC(=S)NCC. The van der Waals surface area contributed by atoms with Crippen LogP contribution in [0.4, 0.5) is 0 Å². The minimum Gasteiger partial charge on any atom is -0.462 e. The van der Waals surface area contributed by atoms with Crippen molar-refractivity contribution < 1.29 is 9.53 Å². The van der Waals surface area contributed by atoms with Crippen molar-refractivity contribution in [2.45, 2.75) is 33.1 Å². The third-order valence-electron chi connectivity index (χ3n) is 2.03. The lowest BCUT2D eigenvalue weighted by Crippen LogP contribution is -2.35. The number of hydrogen-bond donors (Lipinski definition) is 2. The highest BCUT2D eigenvalue weighted by molar-refractivity contribution is 7.80. The van der Waals surface area contributed by atoms with Crippen LogP contribution in [0.5, 0.6) is 0 Å². The minimum absolute atomic E-state index is 0.309. The molecule has 0 atom stereocenters. The van der Waals surface area contributed by atoms with E-state index in [1.807, 2.05) is 6.92 Å². The van der Waals surface area contributed by atoms with Gasteiger partial charge in [0, 0.05) is 18.7 Å². The Balaban J connectivity index is 3.27. The molecule has 0 amide bonds. The molecule has 0 radical (unpaired) electrons. The fourth-order valence-electron chi connectivity index (χ4n) is 1.12. The van der Waals surface area contributed by atoms with Crippen LogP contribution in [0, 0.1) is 0 Å². The third-order valence-corrected chi connectivity index (χ3v) is 2.31. The fourth-order valence-corrected chi connectivity index (χ4v) is 1.36. The van der Waals surface area contributed by atoms with Crippen LogP contribution in [0.2, 0.25) is 0 Å². The Morgan fingerprint density at radius 3 is 2.59 bits per heavy atom. The lowest BCUT2D eigenvalue weighted by Gasteiger charge is -2.08. The molecule has 0 saturated carbocycles. The van der Waals surface area contributed by atoms with E-state index >= 15 is 0 Å². The summed E-state index contributed by atoms with van der Waals surface area (Å²) < 4.78 is 4.97. The minimum atomic E-state index is -0.309. The van der Waals surface area contributed by atoms with Crippen LogP contribution in [0.15, 0.2) is 12.2 Å². The van der Waals surface area contributed by atoms with Crippen LogP contribution < -0.4 is 10.6 Å². The smallest absolute Gasteiger partial charge is 0.333 e. The highest BCUT2D eigenvalue weighted by Gasteiger charge is 2.01. The van der Waals surface area contributed by atoms with E-state index in [4.69, 9.17) is 17.0 Å². The maximum absolute atomic E-state index is 11.0. The molecule has 0 aromatic heterocycles. The van der Waals surface area contributed by atoms with Crippen LogP contribution >= 0.6 is 12.2 Å². The molecule has 0 aliphatic rings. The Labute approximate surface area is 109 Å². The summed E-state index contributed by atoms with van der Waals surface area (Å²) in [4.78, 5) is 11.0. The van der Waals surface area contributed by atoms with Gasteiger partial charge in [-0.15, -0.1) is 0 Å². The largest absolute Gasteiger partial charge is 0.462 e. The molecule has 0 aromatic carbocycles. The lowest BCUT2D eigenvalue weighted by atomic mass is 10.2. The molecule has 0 saturated heterocycles. The molecule has 0 unspecified atom stereocenters. The quantitative estimate of drug-likeness (QED) is 0.301. The molecule has 0 aliphatic carbocycles. The number of thiocarbonyl (C=S) groups is 1. The lowest BCUT2D eigenvalue weighted by molar-refractivity contribution is -0.139. The van der Waals surface area contributed by atoms with Gasteiger partial charge in [0.15, 0.2) is 5.11 Å². The molecule has 0 aromatic rings. The zero-order valence-corrected chi connectivity index (χ0v) is 11.5. The Bertz CT molecular complexity index is 267. The third kappa shape index (κ3) is 9.81. The maximum Gasteiger partial charge on any atom is 0.333 e. The van der Waals surface area contributed by atoms with Crippen molar-refractivity contribution in [2.24, 2.45) is 0 Å². The summed E-state index contributed by atoms with van der Waals surface area (Å²) in [6.07, 6.45) is 2.88. The van der Waals surface area contributed by atoms with Crippen molar-refractivity contribution in [1.29, 1.82) is 0 Å². The van der Waals surface area contributed by atoms with Gasteiger partial charge in [-0.1, -0.05) is 6.58 Å². The van der Waals surface area contributed by atoms with Gasteiger partial charge in [-0.3, -0.25) is 0 Å². The molecule has 0 aliphatic heterocycles. The highest BCUT2D eigenvalue weighted by atomic mass is 32.1. The van der Waals surface area contributed by atoms with Crippen LogP contribution in [0.3, 0.4) is 0 Å². The van der Waals surface area contributed by atoms with Crippen molar-refractivity contribution in [3.63, 3.8) is 0 Å². The summed E-state index contributed by atoms with van der Waals surface area (Å²) >= 11 is 5.02. The van der Waals surface area contributed by atoms with E-state index in [9.17, 15) is 4.79 Å². The zero-order chi connectivity index (χ0) is 13.1. The summed E-state index contributed by atoms with van der Waals surface area (Å²) in [7, 11) is 0. The van der Waals surface area contributed by atoms with Crippen LogP contribution in [0.25, 0.3) is 0 Å². The Hall–Kier alpha value is -1.10. The van der Waals surface area contributed by atoms with E-state index < -0.39 is 0 Å². The molecule has 98 valence electrons. The number of carbonyl (C=O) groups excluding carboxylic acids is 1. The van der Waals surface area contributed by atoms with Crippen molar-refractivity contribution in [3.05, 3.63) is 12.2 Å². The molecular formula is C12H22N2O2S. The van der Waals surface area contributed by atoms with Crippen LogP contribution in [-0.4, -0.2) is 30.8 Å². The standard InChI is InChI=1S/C12H22N2O2S/c1-4-13-12(17)14-8-6-5-7-9-16-11(15)10(2)3/h2,4-9H2,1,3H3,(H2,13,14,17). The first kappa shape index (κ1) is 15.9. The van der Waals surface area contributed by atoms with Gasteiger partial charge >= 0.3 is 5.97 Å². The van der Waals surface area contributed by atoms with Crippen molar-refractivity contribution >= 4 is 23.3 Å². The summed E-state index contributed by atoms with van der Waals surface area (Å²) in [5.74, 6) is -0.309. The van der Waals surface area contributed by atoms with E-state index in [1.165, 1.54) is 0 Å². The first-order chi connectivity index (χ1) is 8.07. The summed E-state index contributed by atoms with van der Waals surface area (Å²) in [6.45, 7) is 9.31. The molecule has 0 bridgehead atoms. The van der Waals surface area contributed by atoms with E-state index in [0.29, 0.717) is 17.3 Å². The highest BCUT2D eigenvalue weighted by Crippen LogP contribution is 1.98. The van der Waals surface area contributed by atoms with Gasteiger partial charge in [0.2, 0.25) is 0 Å². The molecule has 0 fully saturated rings. The van der Waals surface area contributed by atoms with Gasteiger partial charge < -0.3 is 15.4 Å². The zero-order valence-electron chi connectivity index (χ0n) is 10.7. The number of carbonyl (C=O) groups is 1. The van der Waals surface area contributed by atoms with Crippen LogP contribution in [0.1, 0.15) is 33.1 Å². The topological polar surface area (TPSA) is 50.4 Å². The van der Waals surface area contributed by atoms with Crippen molar-refractivity contribution in [1.82, 2.24) is 10.6 Å². The number of rotatable bonds is 8. The molecule has 5 heteroatoms. The normalized spacial score (nSPS) is 9.53. The molecule has 0 spiro atoms. The summed E-state index contributed by atoms with van der Waals surface area (Å²) in [6, 6.07) is 0. The van der Waals surface area contributed by atoms with E-state index in [1.54, 1.807) is 6.92 Å². The molecule has 0 heterocycles. The summed E-state index contributed by atoms with van der Waals surface area (Å²) in [5.41, 5.74) is 0.447. The van der Waals surface area contributed by atoms with Crippen LogP contribution in [-0.2, 0) is 9.53 Å². The van der Waals surface area contributed by atoms with Crippen molar-refractivity contribution in [2.75, 3.05) is 19.7 Å². The molecule has 0 rings (SSSR count). The number of unbranched alkanes of at least 4 members (excludes halogenated alkanes) is 2. The second kappa shape index (κ2) is 10.1. The molecule has 2 N–H and O–H groups in total. The first-order valence-corrected chi connectivity index (χ1v) is 6.33. The molecule has 4 nitrogen and oxygen atoms in total. The summed E-state index contributed by atoms with van der Waals surface area (Å²) in [5, 5.41) is 6.81. The second-order valence-corrected chi connectivity index (χ2v) is 4.17.